The number of nitrogens with zero attached hydrogens (tertiary/aromatic N) is 5. The van der Waals surface area contributed by atoms with E-state index in [2.05, 4.69) is 30.1 Å². The van der Waals surface area contributed by atoms with Crippen LogP contribution >= 0.6 is 0 Å². The van der Waals surface area contributed by atoms with Gasteiger partial charge >= 0.3 is 0 Å². The molecule has 0 bridgehead atoms. The third-order valence-electron chi connectivity index (χ3n) is 5.53. The van der Waals surface area contributed by atoms with Gasteiger partial charge in [0.1, 0.15) is 24.6 Å². The van der Waals surface area contributed by atoms with Crippen molar-refractivity contribution in [1.29, 1.82) is 0 Å². The van der Waals surface area contributed by atoms with Crippen LogP contribution in [0, 0.1) is 0 Å². The molecule has 4 rings (SSSR count). The highest BCUT2D eigenvalue weighted by Crippen LogP contribution is 2.40. The number of sulfonamides is 1. The van der Waals surface area contributed by atoms with Crippen LogP contribution in [0.2, 0.25) is 0 Å². The molecule has 4 heterocycles. The summed E-state index contributed by atoms with van der Waals surface area (Å²) in [6.45, 7) is 9.55. The lowest BCUT2D eigenvalue weighted by Gasteiger charge is -2.16. The van der Waals surface area contributed by atoms with Crippen molar-refractivity contribution in [2.75, 3.05) is 17.6 Å². The minimum absolute atomic E-state index is 0.103. The maximum Gasteiger partial charge on any atom is 0.213 e. The van der Waals surface area contributed by atoms with Crippen molar-refractivity contribution in [3.63, 3.8) is 0 Å². The van der Waals surface area contributed by atoms with Crippen molar-refractivity contribution in [2.45, 2.75) is 70.6 Å². The summed E-state index contributed by atoms with van der Waals surface area (Å²) in [5.74, 6) is 0.494. The minimum Gasteiger partial charge on any atom is -0.387 e. The molecular weight excluding hydrogens is 478 g/mol. The first-order valence-corrected chi connectivity index (χ1v) is 12.9. The van der Waals surface area contributed by atoms with Gasteiger partial charge in [-0.25, -0.2) is 28.1 Å². The molecule has 1 aliphatic rings. The number of aromatic nitrogens is 5. The molecule has 0 unspecified atom stereocenters. The molecule has 13 nitrogen and oxygen atoms in total. The number of hydrogen-bond acceptors (Lipinski definition) is 11. The third-order valence-corrected chi connectivity index (χ3v) is 7.10. The molecule has 1 aliphatic heterocycles. The molecule has 192 valence electrons. The largest absolute Gasteiger partial charge is 0.387 e. The maximum absolute atomic E-state index is 12.1. The monoisotopic (exact) mass is 509 g/mol. The topological polar surface area (TPSA) is 178 Å². The quantitative estimate of drug-likeness (QED) is 0.338. The Hall–Kier alpha value is -2.65. The predicted molar refractivity (Wildman–Crippen MR) is 126 cm³/mol. The van der Waals surface area contributed by atoms with Crippen LogP contribution in [0.5, 0.6) is 0 Å². The summed E-state index contributed by atoms with van der Waals surface area (Å²) in [7, 11) is -3.44. The molecule has 0 radical (unpaired) electrons. The number of aliphatic hydroxyl groups is 2. The SMILES string of the molecule is CC(C)NS(=O)(=O)CCNc1ncnc2c1ncn2[C@@H]1O[C@H](c2cc(C(C)(C)C)no2)[C@@H](O)[C@H]1O. The number of ether oxygens (including phenoxy) is 1. The predicted octanol–water partition coefficient (Wildman–Crippen LogP) is 0.843. The summed E-state index contributed by atoms with van der Waals surface area (Å²) in [6.07, 6.45) is -1.78. The molecule has 3 aromatic heterocycles. The summed E-state index contributed by atoms with van der Waals surface area (Å²) in [4.78, 5) is 12.7. The van der Waals surface area contributed by atoms with Crippen LogP contribution in [0.1, 0.15) is 58.4 Å². The smallest absolute Gasteiger partial charge is 0.213 e. The van der Waals surface area contributed by atoms with Gasteiger partial charge < -0.3 is 24.8 Å². The zero-order valence-electron chi connectivity index (χ0n) is 20.2. The van der Waals surface area contributed by atoms with Gasteiger partial charge in [0.25, 0.3) is 0 Å². The fourth-order valence-corrected chi connectivity index (χ4v) is 5.00. The first-order valence-electron chi connectivity index (χ1n) is 11.3. The van der Waals surface area contributed by atoms with Crippen LogP contribution in [-0.4, -0.2) is 73.9 Å². The molecule has 4 N–H and O–H groups in total. The van der Waals surface area contributed by atoms with E-state index in [0.717, 1.165) is 0 Å². The zero-order valence-corrected chi connectivity index (χ0v) is 21.0. The Labute approximate surface area is 203 Å². The Bertz CT molecular complexity index is 1280. The Morgan fingerprint density at radius 3 is 2.57 bits per heavy atom. The van der Waals surface area contributed by atoms with Crippen LogP contribution in [0.4, 0.5) is 5.82 Å². The highest BCUT2D eigenvalue weighted by atomic mass is 32.2. The molecule has 4 atom stereocenters. The van der Waals surface area contributed by atoms with Crippen LogP contribution in [0.3, 0.4) is 0 Å². The lowest BCUT2D eigenvalue weighted by molar-refractivity contribution is -0.0434. The van der Waals surface area contributed by atoms with Gasteiger partial charge in [-0.2, -0.15) is 0 Å². The van der Waals surface area contributed by atoms with Crippen molar-refractivity contribution in [3.05, 3.63) is 30.2 Å². The number of anilines is 1. The zero-order chi connectivity index (χ0) is 25.5. The third kappa shape index (κ3) is 5.30. The van der Waals surface area contributed by atoms with Crippen molar-refractivity contribution in [3.8, 4) is 0 Å². The van der Waals surface area contributed by atoms with Gasteiger partial charge in [-0.15, -0.1) is 0 Å². The molecule has 3 aromatic rings. The summed E-state index contributed by atoms with van der Waals surface area (Å²) < 4.78 is 39.5. The van der Waals surface area contributed by atoms with E-state index < -0.39 is 34.6 Å². The summed E-state index contributed by atoms with van der Waals surface area (Å²) in [5, 5.41) is 28.4. The fraction of sp³-hybridized carbons (Fsp3) is 0.619. The van der Waals surface area contributed by atoms with E-state index in [1.807, 2.05) is 20.8 Å². The normalized spacial score (nSPS) is 23.4. The van der Waals surface area contributed by atoms with Crippen LogP contribution < -0.4 is 10.0 Å². The minimum atomic E-state index is -3.44. The standard InChI is InChI=1S/C21H31N7O6S/c1-11(2)27-35(31,32)7-6-22-18-14-19(24-9-23-18)28(10-25-14)20-16(30)15(29)17(33-20)12-8-13(26-34-12)21(3,4)5/h8-11,15-17,20,27,29-30H,6-7H2,1-5H3,(H,22,23,24)/t15-,16+,17+,20+/m0/s1. The Morgan fingerprint density at radius 1 is 1.17 bits per heavy atom. The molecule has 1 saturated heterocycles. The van der Waals surface area contributed by atoms with Gasteiger partial charge in [0, 0.05) is 24.1 Å². The van der Waals surface area contributed by atoms with Crippen molar-refractivity contribution in [1.82, 2.24) is 29.4 Å². The summed E-state index contributed by atoms with van der Waals surface area (Å²) >= 11 is 0. The number of fused-ring (bicyclic) bond motifs is 1. The molecule has 14 heteroatoms. The molecule has 1 fully saturated rings. The lowest BCUT2D eigenvalue weighted by Crippen LogP contribution is -2.34. The number of rotatable bonds is 8. The van der Waals surface area contributed by atoms with Gasteiger partial charge in [0.2, 0.25) is 10.0 Å². The first-order chi connectivity index (χ1) is 16.4. The molecule has 0 saturated carbocycles. The van der Waals surface area contributed by atoms with E-state index in [9.17, 15) is 18.6 Å². The Balaban J connectivity index is 1.53. The van der Waals surface area contributed by atoms with Crippen LogP contribution in [0.25, 0.3) is 11.2 Å². The molecule has 0 aliphatic carbocycles. The maximum atomic E-state index is 12.1. The summed E-state index contributed by atoms with van der Waals surface area (Å²) in [6, 6.07) is 1.51. The van der Waals surface area contributed by atoms with E-state index in [1.54, 1.807) is 19.9 Å². The first kappa shape index (κ1) is 25.4. The Kier molecular flexibility index (Phi) is 6.85. The Morgan fingerprint density at radius 2 is 1.91 bits per heavy atom. The average molecular weight is 510 g/mol. The molecule has 35 heavy (non-hydrogen) atoms. The number of hydrogen-bond donors (Lipinski definition) is 4. The molecule has 0 spiro atoms. The fourth-order valence-electron chi connectivity index (χ4n) is 3.79. The van der Waals surface area contributed by atoms with Gasteiger partial charge in [0.05, 0.1) is 17.8 Å². The number of nitrogens with one attached hydrogen (secondary N) is 2. The van der Waals surface area contributed by atoms with E-state index >= 15 is 0 Å². The second kappa shape index (κ2) is 9.43. The molecule has 0 aromatic carbocycles. The van der Waals surface area contributed by atoms with Crippen molar-refractivity contribution in [2.24, 2.45) is 0 Å². The van der Waals surface area contributed by atoms with Gasteiger partial charge in [-0.05, 0) is 13.8 Å². The van der Waals surface area contributed by atoms with Crippen LogP contribution in [-0.2, 0) is 20.2 Å². The summed E-state index contributed by atoms with van der Waals surface area (Å²) in [5.41, 5.74) is 1.15. The highest BCUT2D eigenvalue weighted by Gasteiger charge is 2.47. The lowest BCUT2D eigenvalue weighted by atomic mass is 9.92. The molecule has 0 amide bonds. The number of aliphatic hydroxyl groups excluding tert-OH is 2. The van der Waals surface area contributed by atoms with Gasteiger partial charge in [0.15, 0.2) is 29.0 Å². The van der Waals surface area contributed by atoms with Gasteiger partial charge in [-0.3, -0.25) is 4.57 Å². The average Bonchev–Trinajstić information content (AvgIpc) is 3.46. The van der Waals surface area contributed by atoms with E-state index in [0.29, 0.717) is 28.4 Å². The van der Waals surface area contributed by atoms with Gasteiger partial charge in [-0.1, -0.05) is 25.9 Å². The van der Waals surface area contributed by atoms with E-state index in [-0.39, 0.29) is 23.8 Å². The van der Waals surface area contributed by atoms with Crippen molar-refractivity contribution >= 4 is 27.0 Å². The highest BCUT2D eigenvalue weighted by molar-refractivity contribution is 7.89. The van der Waals surface area contributed by atoms with Crippen molar-refractivity contribution < 1.29 is 27.9 Å². The van der Waals surface area contributed by atoms with Crippen LogP contribution in [0.15, 0.2) is 23.2 Å². The number of imidazole rings is 1. The van der Waals surface area contributed by atoms with E-state index in [4.69, 9.17) is 9.26 Å². The second-order valence-corrected chi connectivity index (χ2v) is 11.7. The molecular formula is C21H31N7O6S. The van der Waals surface area contributed by atoms with E-state index in [1.165, 1.54) is 17.2 Å². The second-order valence-electron chi connectivity index (χ2n) is 9.86.